The van der Waals surface area contributed by atoms with Crippen molar-refractivity contribution in [1.29, 1.82) is 0 Å². The van der Waals surface area contributed by atoms with E-state index in [1.807, 2.05) is 37.3 Å². The quantitative estimate of drug-likeness (QED) is 0.755. The van der Waals surface area contributed by atoms with E-state index in [-0.39, 0.29) is 5.78 Å². The molecule has 0 spiro atoms. The summed E-state index contributed by atoms with van der Waals surface area (Å²) in [6.45, 7) is 2.38. The molecule has 92 valence electrons. The molecule has 0 amide bonds. The second kappa shape index (κ2) is 6.07. The van der Waals surface area contributed by atoms with Crippen molar-refractivity contribution in [3.8, 4) is 0 Å². The van der Waals surface area contributed by atoms with E-state index >= 15 is 0 Å². The Labute approximate surface area is 106 Å². The SMILES string of the molecule is CCOC(C(=O)c1ccncc1)c1ccccc1. The van der Waals surface area contributed by atoms with Crippen molar-refractivity contribution in [2.24, 2.45) is 0 Å². The molecule has 3 nitrogen and oxygen atoms in total. The molecule has 1 aromatic heterocycles. The van der Waals surface area contributed by atoms with Crippen LogP contribution in [0, 0.1) is 0 Å². The number of ketones is 1. The summed E-state index contributed by atoms with van der Waals surface area (Å²) < 4.78 is 5.57. The van der Waals surface area contributed by atoms with E-state index < -0.39 is 6.10 Å². The number of rotatable bonds is 5. The maximum Gasteiger partial charge on any atom is 0.196 e. The number of Topliss-reactive ketones (excluding diaryl/α,β-unsaturated/α-hetero) is 1. The van der Waals surface area contributed by atoms with Crippen LogP contribution in [0.5, 0.6) is 0 Å². The van der Waals surface area contributed by atoms with Gasteiger partial charge in [-0.15, -0.1) is 0 Å². The summed E-state index contributed by atoms with van der Waals surface area (Å²) >= 11 is 0. The van der Waals surface area contributed by atoms with Gasteiger partial charge in [-0.05, 0) is 24.6 Å². The molecule has 3 heteroatoms. The molecule has 2 aromatic rings. The van der Waals surface area contributed by atoms with Crippen molar-refractivity contribution >= 4 is 5.78 Å². The number of carbonyl (C=O) groups excluding carboxylic acids is 1. The summed E-state index contributed by atoms with van der Waals surface area (Å²) in [7, 11) is 0. The van der Waals surface area contributed by atoms with Crippen molar-refractivity contribution in [1.82, 2.24) is 4.98 Å². The first-order valence-electron chi connectivity index (χ1n) is 5.93. The van der Waals surface area contributed by atoms with Crippen LogP contribution >= 0.6 is 0 Å². The van der Waals surface area contributed by atoms with Gasteiger partial charge in [0.05, 0.1) is 0 Å². The Balaban J connectivity index is 2.29. The van der Waals surface area contributed by atoms with Gasteiger partial charge in [0.25, 0.3) is 0 Å². The molecule has 1 aromatic carbocycles. The first-order valence-corrected chi connectivity index (χ1v) is 5.93. The predicted molar refractivity (Wildman–Crippen MR) is 69.4 cm³/mol. The fourth-order valence-electron chi connectivity index (χ4n) is 1.79. The van der Waals surface area contributed by atoms with Crippen molar-refractivity contribution in [3.05, 3.63) is 66.0 Å². The number of ether oxygens (including phenoxy) is 1. The molecule has 0 N–H and O–H groups in total. The van der Waals surface area contributed by atoms with Crippen LogP contribution in [0.1, 0.15) is 28.9 Å². The highest BCUT2D eigenvalue weighted by Crippen LogP contribution is 2.21. The highest BCUT2D eigenvalue weighted by Gasteiger charge is 2.21. The smallest absolute Gasteiger partial charge is 0.196 e. The van der Waals surface area contributed by atoms with Crippen LogP contribution in [0.15, 0.2) is 54.9 Å². The van der Waals surface area contributed by atoms with Gasteiger partial charge in [0.2, 0.25) is 0 Å². The lowest BCUT2D eigenvalue weighted by Crippen LogP contribution is -2.16. The third-order valence-electron chi connectivity index (χ3n) is 2.64. The topological polar surface area (TPSA) is 39.2 Å². The number of benzene rings is 1. The van der Waals surface area contributed by atoms with Crippen LogP contribution in [0.4, 0.5) is 0 Å². The van der Waals surface area contributed by atoms with Gasteiger partial charge in [-0.3, -0.25) is 9.78 Å². The fourth-order valence-corrected chi connectivity index (χ4v) is 1.79. The minimum atomic E-state index is -0.543. The molecule has 0 bridgehead atoms. The number of aromatic nitrogens is 1. The lowest BCUT2D eigenvalue weighted by atomic mass is 10.0. The molecule has 0 aliphatic carbocycles. The van der Waals surface area contributed by atoms with Crippen LogP contribution < -0.4 is 0 Å². The minimum absolute atomic E-state index is 0.0366. The highest BCUT2D eigenvalue weighted by atomic mass is 16.5. The van der Waals surface area contributed by atoms with Gasteiger partial charge in [0.1, 0.15) is 6.10 Å². The summed E-state index contributed by atoms with van der Waals surface area (Å²) in [5.74, 6) is -0.0366. The van der Waals surface area contributed by atoms with Gasteiger partial charge in [-0.1, -0.05) is 30.3 Å². The Hall–Kier alpha value is -2.00. The van der Waals surface area contributed by atoms with E-state index in [4.69, 9.17) is 4.74 Å². The van der Waals surface area contributed by atoms with Crippen LogP contribution in [0.2, 0.25) is 0 Å². The van der Waals surface area contributed by atoms with E-state index in [1.54, 1.807) is 24.5 Å². The highest BCUT2D eigenvalue weighted by molar-refractivity contribution is 5.99. The summed E-state index contributed by atoms with van der Waals surface area (Å²) in [4.78, 5) is 16.3. The van der Waals surface area contributed by atoms with Crippen molar-refractivity contribution < 1.29 is 9.53 Å². The van der Waals surface area contributed by atoms with E-state index in [9.17, 15) is 4.79 Å². The molecule has 1 unspecified atom stereocenters. The molecule has 2 rings (SSSR count). The average molecular weight is 241 g/mol. The molecule has 0 fully saturated rings. The lowest BCUT2D eigenvalue weighted by molar-refractivity contribution is 0.0452. The van der Waals surface area contributed by atoms with E-state index in [1.165, 1.54) is 0 Å². The van der Waals surface area contributed by atoms with Gasteiger partial charge in [-0.25, -0.2) is 0 Å². The zero-order valence-corrected chi connectivity index (χ0v) is 10.2. The molecule has 0 saturated heterocycles. The predicted octanol–water partition coefficient (Wildman–Crippen LogP) is 3.04. The average Bonchev–Trinajstić information content (AvgIpc) is 2.46. The molecule has 1 atom stereocenters. The lowest BCUT2D eigenvalue weighted by Gasteiger charge is -2.16. The Morgan fingerprint density at radius 1 is 1.17 bits per heavy atom. The molecule has 0 saturated carbocycles. The molecule has 18 heavy (non-hydrogen) atoms. The molecule has 0 aliphatic heterocycles. The Bertz CT molecular complexity index is 496. The van der Waals surface area contributed by atoms with Crippen LogP contribution in [0.25, 0.3) is 0 Å². The maximum absolute atomic E-state index is 12.4. The summed E-state index contributed by atoms with van der Waals surface area (Å²) in [5, 5.41) is 0. The maximum atomic E-state index is 12.4. The largest absolute Gasteiger partial charge is 0.366 e. The fraction of sp³-hybridized carbons (Fsp3) is 0.200. The number of hydrogen-bond donors (Lipinski definition) is 0. The number of nitrogens with zero attached hydrogens (tertiary/aromatic N) is 1. The molecule has 0 aliphatic rings. The van der Waals surface area contributed by atoms with Crippen molar-refractivity contribution in [3.63, 3.8) is 0 Å². The van der Waals surface area contributed by atoms with Gasteiger partial charge in [0, 0.05) is 24.6 Å². The molecule has 0 radical (unpaired) electrons. The zero-order chi connectivity index (χ0) is 12.8. The first-order chi connectivity index (χ1) is 8.83. The third-order valence-corrected chi connectivity index (χ3v) is 2.64. The van der Waals surface area contributed by atoms with Crippen LogP contribution in [-0.4, -0.2) is 17.4 Å². The monoisotopic (exact) mass is 241 g/mol. The van der Waals surface area contributed by atoms with Crippen molar-refractivity contribution in [2.45, 2.75) is 13.0 Å². The number of carbonyl (C=O) groups is 1. The summed E-state index contributed by atoms with van der Waals surface area (Å²) in [6, 6.07) is 12.9. The van der Waals surface area contributed by atoms with Gasteiger partial charge in [0.15, 0.2) is 5.78 Å². The van der Waals surface area contributed by atoms with Gasteiger partial charge >= 0.3 is 0 Å². The Kier molecular flexibility index (Phi) is 4.20. The first kappa shape index (κ1) is 12.5. The van der Waals surface area contributed by atoms with Gasteiger partial charge in [-0.2, -0.15) is 0 Å². The van der Waals surface area contributed by atoms with Crippen molar-refractivity contribution in [2.75, 3.05) is 6.61 Å². The summed E-state index contributed by atoms with van der Waals surface area (Å²) in [5.41, 5.74) is 1.49. The normalized spacial score (nSPS) is 12.1. The van der Waals surface area contributed by atoms with Gasteiger partial charge < -0.3 is 4.74 Å². The number of pyridine rings is 1. The van der Waals surface area contributed by atoms with E-state index in [0.29, 0.717) is 12.2 Å². The third kappa shape index (κ3) is 2.81. The minimum Gasteiger partial charge on any atom is -0.366 e. The molecular weight excluding hydrogens is 226 g/mol. The molecular formula is C15H15NO2. The zero-order valence-electron chi connectivity index (χ0n) is 10.2. The van der Waals surface area contributed by atoms with E-state index in [0.717, 1.165) is 5.56 Å². The van der Waals surface area contributed by atoms with E-state index in [2.05, 4.69) is 4.98 Å². The standard InChI is InChI=1S/C15H15NO2/c1-2-18-15(13-6-4-3-5-7-13)14(17)12-8-10-16-11-9-12/h3-11,15H,2H2,1H3. The number of hydrogen-bond acceptors (Lipinski definition) is 3. The van der Waals surface area contributed by atoms with Crippen LogP contribution in [0.3, 0.4) is 0 Å². The molecule has 1 heterocycles. The second-order valence-corrected chi connectivity index (χ2v) is 3.85. The second-order valence-electron chi connectivity index (χ2n) is 3.85. The Morgan fingerprint density at radius 3 is 2.44 bits per heavy atom. The summed E-state index contributed by atoms with van der Waals surface area (Å²) in [6.07, 6.45) is 2.68. The van der Waals surface area contributed by atoms with Crippen LogP contribution in [-0.2, 0) is 4.74 Å². The Morgan fingerprint density at radius 2 is 1.83 bits per heavy atom.